The first-order valence-electron chi connectivity index (χ1n) is 8.60. The molecule has 0 unspecified atom stereocenters. The van der Waals surface area contributed by atoms with Crippen LogP contribution in [-0.4, -0.2) is 33.3 Å². The third-order valence-corrected chi connectivity index (χ3v) is 4.87. The lowest BCUT2D eigenvalue weighted by Gasteiger charge is -2.46. The number of aromatic nitrogens is 2. The van der Waals surface area contributed by atoms with Gasteiger partial charge in [-0.1, -0.05) is 26.2 Å². The molecule has 1 aromatic rings. The Morgan fingerprint density at radius 1 is 1.33 bits per heavy atom. The predicted molar refractivity (Wildman–Crippen MR) is 88.2 cm³/mol. The van der Waals surface area contributed by atoms with Crippen molar-refractivity contribution >= 4 is 0 Å². The van der Waals surface area contributed by atoms with Crippen molar-refractivity contribution in [3.8, 4) is 0 Å². The van der Waals surface area contributed by atoms with Gasteiger partial charge in [0.25, 0.3) is 0 Å². The zero-order valence-electron chi connectivity index (χ0n) is 14.0. The molecule has 4 heteroatoms. The monoisotopic (exact) mass is 292 g/mol. The summed E-state index contributed by atoms with van der Waals surface area (Å²) >= 11 is 0. The van der Waals surface area contributed by atoms with Crippen LogP contribution in [0.5, 0.6) is 0 Å². The van der Waals surface area contributed by atoms with Crippen LogP contribution < -0.4 is 5.73 Å². The normalized spacial score (nSPS) is 18.6. The van der Waals surface area contributed by atoms with E-state index >= 15 is 0 Å². The van der Waals surface area contributed by atoms with Gasteiger partial charge in [0.05, 0.1) is 5.69 Å². The molecule has 2 N–H and O–H groups in total. The van der Waals surface area contributed by atoms with Gasteiger partial charge < -0.3 is 5.73 Å². The first-order valence-corrected chi connectivity index (χ1v) is 8.60. The third kappa shape index (κ3) is 3.86. The fourth-order valence-electron chi connectivity index (χ4n) is 3.56. The average Bonchev–Trinajstić information content (AvgIpc) is 2.96. The van der Waals surface area contributed by atoms with Gasteiger partial charge in [-0.15, -0.1) is 0 Å². The molecule has 0 bridgehead atoms. The highest BCUT2D eigenvalue weighted by Crippen LogP contribution is 2.34. The fraction of sp³-hybridized carbons (Fsp3) is 0.824. The van der Waals surface area contributed by atoms with Crippen molar-refractivity contribution in [3.05, 3.63) is 18.0 Å². The van der Waals surface area contributed by atoms with E-state index in [-0.39, 0.29) is 5.54 Å². The number of hydrogen-bond donors (Lipinski definition) is 1. The molecule has 120 valence electrons. The summed E-state index contributed by atoms with van der Waals surface area (Å²) in [5, 5.41) is 4.73. The Morgan fingerprint density at radius 3 is 2.57 bits per heavy atom. The van der Waals surface area contributed by atoms with Crippen LogP contribution in [0.3, 0.4) is 0 Å². The minimum absolute atomic E-state index is 0.204. The Labute approximate surface area is 129 Å². The van der Waals surface area contributed by atoms with E-state index in [0.29, 0.717) is 6.04 Å². The Bertz CT molecular complexity index is 418. The van der Waals surface area contributed by atoms with Gasteiger partial charge in [0, 0.05) is 30.9 Å². The highest BCUT2D eigenvalue weighted by atomic mass is 15.3. The second-order valence-corrected chi connectivity index (χ2v) is 6.79. The lowest BCUT2D eigenvalue weighted by atomic mass is 9.80. The molecule has 1 aliphatic rings. The van der Waals surface area contributed by atoms with Crippen LogP contribution in [0.2, 0.25) is 0 Å². The molecule has 21 heavy (non-hydrogen) atoms. The molecule has 1 aliphatic carbocycles. The number of rotatable bonds is 7. The van der Waals surface area contributed by atoms with E-state index < -0.39 is 0 Å². The minimum atomic E-state index is 0.204. The van der Waals surface area contributed by atoms with E-state index in [4.69, 9.17) is 10.8 Å². The second-order valence-electron chi connectivity index (χ2n) is 6.79. The summed E-state index contributed by atoms with van der Waals surface area (Å²) in [7, 11) is 0. The Morgan fingerprint density at radius 2 is 2.05 bits per heavy atom. The summed E-state index contributed by atoms with van der Waals surface area (Å²) in [5.74, 6) is 0. The summed E-state index contributed by atoms with van der Waals surface area (Å²) in [6.07, 6.45) is 9.76. The summed E-state index contributed by atoms with van der Waals surface area (Å²) in [6, 6.07) is 2.59. The summed E-state index contributed by atoms with van der Waals surface area (Å²) in [5.41, 5.74) is 7.59. The van der Waals surface area contributed by atoms with Crippen LogP contribution in [0.1, 0.15) is 71.0 Å². The lowest BCUT2D eigenvalue weighted by molar-refractivity contribution is 0.0482. The Balaban J connectivity index is 2.13. The standard InChI is InChI=1S/C17H32N4/c1-4-11-20(17(14-18)9-6-5-7-10-17)13-16-8-12-21(19-16)15(2)3/h8,12,15H,4-7,9-11,13-14,18H2,1-3H3. The van der Waals surface area contributed by atoms with Crippen molar-refractivity contribution in [2.24, 2.45) is 5.73 Å². The molecule has 0 atom stereocenters. The molecule has 0 aromatic carbocycles. The SMILES string of the molecule is CCCN(Cc1ccn(C(C)C)n1)C1(CN)CCCCC1. The maximum absolute atomic E-state index is 6.21. The van der Waals surface area contributed by atoms with Gasteiger partial charge in [-0.25, -0.2) is 0 Å². The molecule has 4 nitrogen and oxygen atoms in total. The molecule has 0 spiro atoms. The zero-order valence-corrected chi connectivity index (χ0v) is 14.0. The van der Waals surface area contributed by atoms with E-state index in [1.807, 2.05) is 0 Å². The van der Waals surface area contributed by atoms with E-state index in [1.165, 1.54) is 44.2 Å². The van der Waals surface area contributed by atoms with Gasteiger partial charge in [-0.05, 0) is 45.7 Å². The first kappa shape index (κ1) is 16.5. The topological polar surface area (TPSA) is 47.1 Å². The van der Waals surface area contributed by atoms with Crippen molar-refractivity contribution in [1.82, 2.24) is 14.7 Å². The molecule has 0 aliphatic heterocycles. The average molecular weight is 292 g/mol. The van der Waals surface area contributed by atoms with Crippen molar-refractivity contribution in [2.75, 3.05) is 13.1 Å². The van der Waals surface area contributed by atoms with E-state index in [0.717, 1.165) is 19.6 Å². The first-order chi connectivity index (χ1) is 10.1. The zero-order chi connectivity index (χ0) is 15.3. The van der Waals surface area contributed by atoms with Gasteiger partial charge >= 0.3 is 0 Å². The molecule has 0 radical (unpaired) electrons. The van der Waals surface area contributed by atoms with Crippen molar-refractivity contribution in [2.45, 2.75) is 77.4 Å². The van der Waals surface area contributed by atoms with E-state index in [9.17, 15) is 0 Å². The molecule has 1 fully saturated rings. The van der Waals surface area contributed by atoms with E-state index in [2.05, 4.69) is 42.6 Å². The van der Waals surface area contributed by atoms with Crippen molar-refractivity contribution < 1.29 is 0 Å². The summed E-state index contributed by atoms with van der Waals surface area (Å²) < 4.78 is 2.05. The van der Waals surface area contributed by atoms with Crippen LogP contribution in [0.15, 0.2) is 12.3 Å². The summed E-state index contributed by atoms with van der Waals surface area (Å²) in [6.45, 7) is 9.42. The molecule has 0 saturated heterocycles. The van der Waals surface area contributed by atoms with Crippen LogP contribution in [-0.2, 0) is 6.54 Å². The smallest absolute Gasteiger partial charge is 0.0765 e. The molecular weight excluding hydrogens is 260 g/mol. The second kappa shape index (κ2) is 7.41. The molecule has 1 saturated carbocycles. The molecular formula is C17H32N4. The lowest BCUT2D eigenvalue weighted by Crippen LogP contribution is -2.54. The number of hydrogen-bond acceptors (Lipinski definition) is 3. The molecule has 0 amide bonds. The largest absolute Gasteiger partial charge is 0.329 e. The predicted octanol–water partition coefficient (Wildman–Crippen LogP) is 3.34. The maximum Gasteiger partial charge on any atom is 0.0765 e. The number of nitrogens with two attached hydrogens (primary N) is 1. The van der Waals surface area contributed by atoms with Gasteiger partial charge in [0.1, 0.15) is 0 Å². The van der Waals surface area contributed by atoms with Crippen LogP contribution in [0, 0.1) is 0 Å². The van der Waals surface area contributed by atoms with Crippen LogP contribution >= 0.6 is 0 Å². The quantitative estimate of drug-likeness (QED) is 0.838. The minimum Gasteiger partial charge on any atom is -0.329 e. The van der Waals surface area contributed by atoms with Gasteiger partial charge in [-0.2, -0.15) is 5.10 Å². The van der Waals surface area contributed by atoms with Gasteiger partial charge in [-0.3, -0.25) is 9.58 Å². The third-order valence-electron chi connectivity index (χ3n) is 4.87. The maximum atomic E-state index is 6.21. The Kier molecular flexibility index (Phi) is 5.82. The fourth-order valence-corrected chi connectivity index (χ4v) is 3.56. The highest BCUT2D eigenvalue weighted by molar-refractivity contribution is 5.03. The highest BCUT2D eigenvalue weighted by Gasteiger charge is 2.36. The molecule has 2 rings (SSSR count). The van der Waals surface area contributed by atoms with Crippen LogP contribution in [0.4, 0.5) is 0 Å². The van der Waals surface area contributed by atoms with Gasteiger partial charge in [0.15, 0.2) is 0 Å². The molecule has 1 aromatic heterocycles. The Hall–Kier alpha value is -0.870. The van der Waals surface area contributed by atoms with Gasteiger partial charge in [0.2, 0.25) is 0 Å². The van der Waals surface area contributed by atoms with Crippen molar-refractivity contribution in [1.29, 1.82) is 0 Å². The van der Waals surface area contributed by atoms with Crippen molar-refractivity contribution in [3.63, 3.8) is 0 Å². The van der Waals surface area contributed by atoms with Crippen LogP contribution in [0.25, 0.3) is 0 Å². The summed E-state index contributed by atoms with van der Waals surface area (Å²) in [4.78, 5) is 2.61. The number of nitrogens with zero attached hydrogens (tertiary/aromatic N) is 3. The molecule has 1 heterocycles. The van der Waals surface area contributed by atoms with E-state index in [1.54, 1.807) is 0 Å².